The van der Waals surface area contributed by atoms with E-state index in [1.807, 2.05) is 30.5 Å². The number of carbonyl (C=O) groups excluding carboxylic acids is 2. The summed E-state index contributed by atoms with van der Waals surface area (Å²) in [7, 11) is 0. The van der Waals surface area contributed by atoms with Crippen LogP contribution in [0.25, 0.3) is 0 Å². The largest absolute Gasteiger partial charge is 0.481 e. The fourth-order valence-electron chi connectivity index (χ4n) is 3.02. The van der Waals surface area contributed by atoms with E-state index in [4.69, 9.17) is 5.11 Å². The van der Waals surface area contributed by atoms with Crippen LogP contribution in [0.5, 0.6) is 0 Å². The molecule has 2 aromatic rings. The van der Waals surface area contributed by atoms with E-state index < -0.39 is 11.9 Å². The minimum absolute atomic E-state index is 0.0599. The Bertz CT molecular complexity index is 849. The molecule has 1 aliphatic heterocycles. The molecule has 0 saturated carbocycles. The Hall–Kier alpha value is -2.80. The minimum Gasteiger partial charge on any atom is -0.481 e. The summed E-state index contributed by atoms with van der Waals surface area (Å²) in [6, 6.07) is 14.4. The molecule has 0 spiro atoms. The number of thioether (sulfide) groups is 1. The normalized spacial score (nSPS) is 16.4. The Morgan fingerprint density at radius 1 is 1.15 bits per heavy atom. The van der Waals surface area contributed by atoms with Gasteiger partial charge in [-0.1, -0.05) is 12.1 Å². The van der Waals surface area contributed by atoms with Crippen LogP contribution in [-0.4, -0.2) is 35.7 Å². The molecule has 3 rings (SSSR count). The van der Waals surface area contributed by atoms with Gasteiger partial charge in [0.1, 0.15) is 0 Å². The lowest BCUT2D eigenvalue weighted by atomic mass is 10.1. The zero-order valence-corrected chi connectivity index (χ0v) is 15.7. The third-order valence-corrected chi connectivity index (χ3v) is 5.20. The maximum atomic E-state index is 12.5. The Labute approximate surface area is 161 Å². The Morgan fingerprint density at radius 2 is 1.81 bits per heavy atom. The molecule has 7 heteroatoms. The highest BCUT2D eigenvalue weighted by Gasteiger charge is 2.35. The molecule has 1 aliphatic rings. The Kier molecular flexibility index (Phi) is 5.81. The molecule has 2 aromatic carbocycles. The second-order valence-corrected chi connectivity index (χ2v) is 7.24. The summed E-state index contributed by atoms with van der Waals surface area (Å²) in [5.74, 6) is -1.60. The first-order valence-electron chi connectivity index (χ1n) is 8.52. The third kappa shape index (κ3) is 4.68. The summed E-state index contributed by atoms with van der Waals surface area (Å²) < 4.78 is 0. The van der Waals surface area contributed by atoms with Crippen LogP contribution >= 0.6 is 11.8 Å². The highest BCUT2D eigenvalue weighted by molar-refractivity contribution is 7.98. The van der Waals surface area contributed by atoms with Gasteiger partial charge in [-0.05, 0) is 48.2 Å². The fraction of sp³-hybridized carbons (Fsp3) is 0.250. The van der Waals surface area contributed by atoms with Crippen molar-refractivity contribution in [3.63, 3.8) is 0 Å². The number of carbonyl (C=O) groups is 3. The topological polar surface area (TPSA) is 86.7 Å². The summed E-state index contributed by atoms with van der Waals surface area (Å²) in [5.41, 5.74) is 2.05. The standard InChI is InChI=1S/C20H20N2O4S/c1-27-17-8-6-16(7-9-17)22-12-14(11-18(22)23)20(26)21-15-4-2-13(3-5-15)10-19(24)25/h2-9,14H,10-12H2,1H3,(H,21,26)(H,24,25). The van der Waals surface area contributed by atoms with E-state index in [2.05, 4.69) is 5.32 Å². The van der Waals surface area contributed by atoms with Crippen molar-refractivity contribution in [2.75, 3.05) is 23.0 Å². The minimum atomic E-state index is -0.901. The van der Waals surface area contributed by atoms with Gasteiger partial charge in [0.05, 0.1) is 12.3 Å². The van der Waals surface area contributed by atoms with Crippen LogP contribution in [0.2, 0.25) is 0 Å². The van der Waals surface area contributed by atoms with Gasteiger partial charge < -0.3 is 15.3 Å². The maximum absolute atomic E-state index is 12.5. The van der Waals surface area contributed by atoms with Gasteiger partial charge in [-0.2, -0.15) is 0 Å². The SMILES string of the molecule is CSc1ccc(N2CC(C(=O)Nc3ccc(CC(=O)O)cc3)CC2=O)cc1. The molecule has 6 nitrogen and oxygen atoms in total. The molecule has 140 valence electrons. The first-order chi connectivity index (χ1) is 13.0. The zero-order valence-electron chi connectivity index (χ0n) is 14.8. The van der Waals surface area contributed by atoms with Gasteiger partial charge in [0.15, 0.2) is 0 Å². The average Bonchev–Trinajstić information content (AvgIpc) is 3.05. The van der Waals surface area contributed by atoms with Crippen molar-refractivity contribution in [3.05, 3.63) is 54.1 Å². The zero-order chi connectivity index (χ0) is 19.4. The highest BCUT2D eigenvalue weighted by atomic mass is 32.2. The summed E-state index contributed by atoms with van der Waals surface area (Å²) >= 11 is 1.63. The number of nitrogens with zero attached hydrogens (tertiary/aromatic N) is 1. The summed E-state index contributed by atoms with van der Waals surface area (Å²) in [4.78, 5) is 38.3. The number of benzene rings is 2. The fourth-order valence-corrected chi connectivity index (χ4v) is 3.43. The van der Waals surface area contributed by atoms with E-state index in [1.165, 1.54) is 0 Å². The monoisotopic (exact) mass is 384 g/mol. The molecule has 1 unspecified atom stereocenters. The molecule has 0 aromatic heterocycles. The maximum Gasteiger partial charge on any atom is 0.307 e. The van der Waals surface area contributed by atoms with Crippen LogP contribution in [0.1, 0.15) is 12.0 Å². The Morgan fingerprint density at radius 3 is 2.41 bits per heavy atom. The molecule has 1 saturated heterocycles. The van der Waals surface area contributed by atoms with Crippen LogP contribution in [0.3, 0.4) is 0 Å². The number of hydrogen-bond donors (Lipinski definition) is 2. The predicted molar refractivity (Wildman–Crippen MR) is 105 cm³/mol. The van der Waals surface area contributed by atoms with E-state index in [0.29, 0.717) is 17.8 Å². The van der Waals surface area contributed by atoms with E-state index in [-0.39, 0.29) is 24.7 Å². The van der Waals surface area contributed by atoms with Crippen molar-refractivity contribution < 1.29 is 19.5 Å². The highest BCUT2D eigenvalue weighted by Crippen LogP contribution is 2.27. The Balaban J connectivity index is 1.62. The number of nitrogens with one attached hydrogen (secondary N) is 1. The third-order valence-electron chi connectivity index (χ3n) is 4.46. The second kappa shape index (κ2) is 8.26. The van der Waals surface area contributed by atoms with Crippen molar-refractivity contribution in [1.29, 1.82) is 0 Å². The van der Waals surface area contributed by atoms with Gasteiger partial charge in [0.2, 0.25) is 11.8 Å². The molecule has 1 atom stereocenters. The van der Waals surface area contributed by atoms with E-state index in [9.17, 15) is 14.4 Å². The van der Waals surface area contributed by atoms with E-state index in [1.54, 1.807) is 40.9 Å². The van der Waals surface area contributed by atoms with Gasteiger partial charge in [-0.15, -0.1) is 11.8 Å². The summed E-state index contributed by atoms with van der Waals surface area (Å²) in [6.45, 7) is 0.348. The van der Waals surface area contributed by atoms with Gasteiger partial charge in [0.25, 0.3) is 0 Å². The van der Waals surface area contributed by atoms with Crippen molar-refractivity contribution in [1.82, 2.24) is 0 Å². The number of hydrogen-bond acceptors (Lipinski definition) is 4. The van der Waals surface area contributed by atoms with Crippen molar-refractivity contribution in [2.24, 2.45) is 5.92 Å². The molecule has 27 heavy (non-hydrogen) atoms. The average molecular weight is 384 g/mol. The lowest BCUT2D eigenvalue weighted by Gasteiger charge is -2.17. The van der Waals surface area contributed by atoms with E-state index in [0.717, 1.165) is 10.6 Å². The van der Waals surface area contributed by atoms with Crippen LogP contribution in [0.4, 0.5) is 11.4 Å². The summed E-state index contributed by atoms with van der Waals surface area (Å²) in [6.07, 6.45) is 2.10. The van der Waals surface area contributed by atoms with Crippen LogP contribution in [0.15, 0.2) is 53.4 Å². The number of amides is 2. The van der Waals surface area contributed by atoms with Crippen molar-refractivity contribution in [2.45, 2.75) is 17.7 Å². The lowest BCUT2D eigenvalue weighted by Crippen LogP contribution is -2.28. The molecule has 2 amide bonds. The van der Waals surface area contributed by atoms with Crippen LogP contribution < -0.4 is 10.2 Å². The number of rotatable bonds is 6. The quantitative estimate of drug-likeness (QED) is 0.748. The van der Waals surface area contributed by atoms with Gasteiger partial charge in [-0.25, -0.2) is 0 Å². The van der Waals surface area contributed by atoms with Crippen molar-refractivity contribution >= 4 is 40.9 Å². The molecule has 0 bridgehead atoms. The number of carboxylic acid groups (broad SMARTS) is 1. The van der Waals surface area contributed by atoms with Crippen LogP contribution in [-0.2, 0) is 20.8 Å². The van der Waals surface area contributed by atoms with Gasteiger partial charge >= 0.3 is 5.97 Å². The smallest absolute Gasteiger partial charge is 0.307 e. The number of carboxylic acids is 1. The first kappa shape index (κ1) is 19.0. The molecule has 0 aliphatic carbocycles. The molecule has 0 radical (unpaired) electrons. The van der Waals surface area contributed by atoms with Crippen molar-refractivity contribution in [3.8, 4) is 0 Å². The van der Waals surface area contributed by atoms with Gasteiger partial charge in [-0.3, -0.25) is 14.4 Å². The molecule has 1 heterocycles. The predicted octanol–water partition coefficient (Wildman–Crippen LogP) is 3.03. The van der Waals surface area contributed by atoms with E-state index >= 15 is 0 Å². The summed E-state index contributed by atoms with van der Waals surface area (Å²) in [5, 5.41) is 11.6. The number of anilines is 2. The lowest BCUT2D eigenvalue weighted by molar-refractivity contribution is -0.136. The molecule has 2 N–H and O–H groups in total. The molecular formula is C20H20N2O4S. The second-order valence-electron chi connectivity index (χ2n) is 6.36. The first-order valence-corrected chi connectivity index (χ1v) is 9.75. The molecule has 1 fully saturated rings. The van der Waals surface area contributed by atoms with Crippen LogP contribution in [0, 0.1) is 5.92 Å². The molecular weight excluding hydrogens is 364 g/mol. The van der Waals surface area contributed by atoms with Gasteiger partial charge in [0, 0.05) is 29.2 Å². The number of aliphatic carboxylic acids is 1.